The molecule has 3 aromatic rings. The first-order valence-corrected chi connectivity index (χ1v) is 9.59. The minimum atomic E-state index is -1.03. The molecule has 1 N–H and O–H groups in total. The van der Waals surface area contributed by atoms with Crippen LogP contribution in [0.15, 0.2) is 60.7 Å². The second-order valence-corrected chi connectivity index (χ2v) is 7.59. The van der Waals surface area contributed by atoms with Crippen molar-refractivity contribution in [1.29, 1.82) is 0 Å². The quantitative estimate of drug-likeness (QED) is 0.419. The number of esters is 2. The van der Waals surface area contributed by atoms with Gasteiger partial charge in [0, 0.05) is 5.02 Å². The van der Waals surface area contributed by atoms with Crippen LogP contribution in [-0.4, -0.2) is 17.0 Å². The molecule has 0 atom stereocenters. The first-order chi connectivity index (χ1) is 13.8. The van der Waals surface area contributed by atoms with E-state index in [2.05, 4.69) is 0 Å². The van der Waals surface area contributed by atoms with Crippen molar-refractivity contribution in [2.45, 2.75) is 19.8 Å². The summed E-state index contributed by atoms with van der Waals surface area (Å²) in [6.45, 7) is 3.89. The summed E-state index contributed by atoms with van der Waals surface area (Å²) in [6, 6.07) is 17.3. The zero-order valence-electron chi connectivity index (χ0n) is 15.8. The predicted molar refractivity (Wildman–Crippen MR) is 113 cm³/mol. The van der Waals surface area contributed by atoms with Crippen LogP contribution in [0.3, 0.4) is 0 Å². The van der Waals surface area contributed by atoms with Crippen molar-refractivity contribution in [2.24, 2.45) is 0 Å². The lowest BCUT2D eigenvalue weighted by Crippen LogP contribution is -2.21. The highest BCUT2D eigenvalue weighted by atomic mass is 35.5. The van der Waals surface area contributed by atoms with Gasteiger partial charge in [-0.3, -0.25) is 4.79 Å². The van der Waals surface area contributed by atoms with Crippen molar-refractivity contribution in [3.8, 4) is 5.75 Å². The molecule has 3 rings (SSSR count). The van der Waals surface area contributed by atoms with E-state index in [1.54, 1.807) is 0 Å². The molecule has 0 aliphatic carbocycles. The molecular weight excluding hydrogens is 411 g/mol. The molecule has 0 fully saturated rings. The zero-order valence-corrected chi connectivity index (χ0v) is 17.3. The molecule has 0 amide bonds. The van der Waals surface area contributed by atoms with E-state index in [1.807, 2.05) is 62.4 Å². The summed E-state index contributed by atoms with van der Waals surface area (Å²) in [7, 11) is 0. The third-order valence-corrected chi connectivity index (χ3v) is 5.00. The largest absolute Gasteiger partial charge is 0.505 e. The number of ether oxygens (including phenoxy) is 1. The number of rotatable bonds is 4. The Bertz CT molecular complexity index is 1010. The van der Waals surface area contributed by atoms with E-state index in [4.69, 9.17) is 27.9 Å². The average molecular weight is 429 g/mol. The Hall–Kier alpha value is -2.82. The summed E-state index contributed by atoms with van der Waals surface area (Å²) in [6.07, 6.45) is 0. The van der Waals surface area contributed by atoms with Crippen molar-refractivity contribution in [3.63, 3.8) is 0 Å². The summed E-state index contributed by atoms with van der Waals surface area (Å²) in [4.78, 5) is 25.5. The van der Waals surface area contributed by atoms with E-state index in [0.29, 0.717) is 11.1 Å². The predicted octanol–water partition coefficient (Wildman–Crippen LogP) is 5.83. The Balaban J connectivity index is 1.96. The van der Waals surface area contributed by atoms with Gasteiger partial charge in [-0.15, -0.1) is 0 Å². The standard InChI is InChI=1S/C23H18Cl2O4/c1-13-3-7-15(8-4-13)20(16-9-5-14(2)6-10-16)23(28)29-22(27)18-11-17(24)12-19(25)21(18)26/h3-12,20,26H,1-2H3. The molecule has 0 bridgehead atoms. The number of carbonyl (C=O) groups is 2. The lowest BCUT2D eigenvalue weighted by molar-refractivity contribution is -0.138. The topological polar surface area (TPSA) is 63.6 Å². The summed E-state index contributed by atoms with van der Waals surface area (Å²) < 4.78 is 5.10. The lowest BCUT2D eigenvalue weighted by Gasteiger charge is -2.17. The van der Waals surface area contributed by atoms with Gasteiger partial charge < -0.3 is 9.84 Å². The summed E-state index contributed by atoms with van der Waals surface area (Å²) >= 11 is 11.8. The fourth-order valence-electron chi connectivity index (χ4n) is 2.91. The normalized spacial score (nSPS) is 10.8. The van der Waals surface area contributed by atoms with Crippen molar-refractivity contribution < 1.29 is 19.4 Å². The lowest BCUT2D eigenvalue weighted by atomic mass is 9.90. The number of aryl methyl sites for hydroxylation is 2. The van der Waals surface area contributed by atoms with Gasteiger partial charge >= 0.3 is 11.9 Å². The van der Waals surface area contributed by atoms with Crippen molar-refractivity contribution >= 4 is 35.1 Å². The molecule has 0 radical (unpaired) electrons. The van der Waals surface area contributed by atoms with Crippen LogP contribution < -0.4 is 0 Å². The maximum absolute atomic E-state index is 13.0. The van der Waals surface area contributed by atoms with Crippen LogP contribution in [-0.2, 0) is 9.53 Å². The summed E-state index contributed by atoms with van der Waals surface area (Å²) in [5, 5.41) is 10.1. The number of phenolic OH excluding ortho intramolecular Hbond substituents is 1. The highest BCUT2D eigenvalue weighted by molar-refractivity contribution is 6.36. The number of carbonyl (C=O) groups excluding carboxylic acids is 2. The number of benzene rings is 3. The molecule has 0 aliphatic heterocycles. The van der Waals surface area contributed by atoms with Gasteiger partial charge in [0.05, 0.1) is 5.02 Å². The van der Waals surface area contributed by atoms with Gasteiger partial charge in [-0.2, -0.15) is 0 Å². The molecule has 4 nitrogen and oxygen atoms in total. The van der Waals surface area contributed by atoms with Gasteiger partial charge in [-0.1, -0.05) is 82.9 Å². The van der Waals surface area contributed by atoms with Crippen LogP contribution in [0.5, 0.6) is 5.75 Å². The SMILES string of the molecule is Cc1ccc(C(C(=O)OC(=O)c2cc(Cl)cc(Cl)c2O)c2ccc(C)cc2)cc1. The minimum absolute atomic E-state index is 0.106. The van der Waals surface area contributed by atoms with Crippen LogP contribution in [0.4, 0.5) is 0 Å². The molecule has 148 valence electrons. The number of hydrogen-bond donors (Lipinski definition) is 1. The number of halogens is 2. The van der Waals surface area contributed by atoms with Crippen LogP contribution >= 0.6 is 23.2 Å². The van der Waals surface area contributed by atoms with Gasteiger partial charge in [0.25, 0.3) is 0 Å². The van der Waals surface area contributed by atoms with Gasteiger partial charge in [0.15, 0.2) is 0 Å². The van der Waals surface area contributed by atoms with E-state index >= 15 is 0 Å². The Morgan fingerprint density at radius 2 is 1.34 bits per heavy atom. The molecular formula is C23H18Cl2O4. The molecule has 0 aliphatic rings. The maximum Gasteiger partial charge on any atom is 0.349 e. The third kappa shape index (κ3) is 4.78. The second kappa shape index (κ2) is 8.68. The van der Waals surface area contributed by atoms with E-state index in [-0.39, 0.29) is 15.6 Å². The number of aromatic hydroxyl groups is 1. The van der Waals surface area contributed by atoms with Crippen molar-refractivity contribution in [3.05, 3.63) is 98.5 Å². The second-order valence-electron chi connectivity index (χ2n) is 6.75. The van der Waals surface area contributed by atoms with Gasteiger partial charge in [0.2, 0.25) is 0 Å². The van der Waals surface area contributed by atoms with E-state index < -0.39 is 23.6 Å². The fourth-order valence-corrected chi connectivity index (χ4v) is 3.40. The molecule has 3 aromatic carbocycles. The molecule has 29 heavy (non-hydrogen) atoms. The fraction of sp³-hybridized carbons (Fsp3) is 0.130. The van der Waals surface area contributed by atoms with Crippen LogP contribution in [0.1, 0.15) is 38.5 Å². The van der Waals surface area contributed by atoms with Gasteiger partial charge in [0.1, 0.15) is 17.2 Å². The summed E-state index contributed by atoms with van der Waals surface area (Å²) in [5.41, 5.74) is 3.18. The Morgan fingerprint density at radius 3 is 1.83 bits per heavy atom. The first kappa shape index (κ1) is 20.9. The molecule has 0 spiro atoms. The van der Waals surface area contributed by atoms with Crippen LogP contribution in [0.2, 0.25) is 10.0 Å². The van der Waals surface area contributed by atoms with Crippen LogP contribution in [0, 0.1) is 13.8 Å². The minimum Gasteiger partial charge on any atom is -0.505 e. The molecule has 0 saturated carbocycles. The molecule has 6 heteroatoms. The number of hydrogen-bond acceptors (Lipinski definition) is 4. The maximum atomic E-state index is 13.0. The van der Waals surface area contributed by atoms with E-state index in [1.165, 1.54) is 12.1 Å². The number of phenols is 1. The Kier molecular flexibility index (Phi) is 6.26. The van der Waals surface area contributed by atoms with Crippen molar-refractivity contribution in [2.75, 3.05) is 0 Å². The first-order valence-electron chi connectivity index (χ1n) is 8.83. The highest BCUT2D eigenvalue weighted by Crippen LogP contribution is 2.33. The highest BCUT2D eigenvalue weighted by Gasteiger charge is 2.28. The third-order valence-electron chi connectivity index (χ3n) is 4.50. The molecule has 0 heterocycles. The Labute approximate surface area is 178 Å². The molecule has 0 unspecified atom stereocenters. The van der Waals surface area contributed by atoms with Gasteiger partial charge in [-0.25, -0.2) is 4.79 Å². The Morgan fingerprint density at radius 1 is 0.862 bits per heavy atom. The zero-order chi connectivity index (χ0) is 21.1. The van der Waals surface area contributed by atoms with Crippen LogP contribution in [0.25, 0.3) is 0 Å². The van der Waals surface area contributed by atoms with E-state index in [9.17, 15) is 14.7 Å². The smallest absolute Gasteiger partial charge is 0.349 e. The monoisotopic (exact) mass is 428 g/mol. The van der Waals surface area contributed by atoms with Crippen molar-refractivity contribution in [1.82, 2.24) is 0 Å². The molecule has 0 saturated heterocycles. The van der Waals surface area contributed by atoms with Gasteiger partial charge in [-0.05, 0) is 37.1 Å². The van der Waals surface area contributed by atoms with E-state index in [0.717, 1.165) is 11.1 Å². The molecule has 0 aromatic heterocycles. The average Bonchev–Trinajstić information content (AvgIpc) is 2.67. The summed E-state index contributed by atoms with van der Waals surface area (Å²) in [5.74, 6) is -3.09.